The third-order valence-electron chi connectivity index (χ3n) is 7.63. The molecule has 1 N–H and O–H groups in total. The Morgan fingerprint density at radius 3 is 2.26 bits per heavy atom. The second kappa shape index (κ2) is 12.0. The molecule has 6 nitrogen and oxygen atoms in total. The van der Waals surface area contributed by atoms with Gasteiger partial charge in [-0.3, -0.25) is 19.3 Å². The average molecular weight is 574 g/mol. The number of carbonyl (C=O) groups excluding carboxylic acids is 3. The zero-order valence-electron chi connectivity index (χ0n) is 23.7. The molecule has 2 atom stereocenters. The van der Waals surface area contributed by atoms with Gasteiger partial charge in [0.25, 0.3) is 0 Å². The molecule has 0 bridgehead atoms. The molecule has 9 heteroatoms. The van der Waals surface area contributed by atoms with Gasteiger partial charge in [-0.2, -0.15) is 18.4 Å². The summed E-state index contributed by atoms with van der Waals surface area (Å²) in [4.78, 5) is 42.0. The zero-order chi connectivity index (χ0) is 30.8. The number of hydrogen-bond acceptors (Lipinski definition) is 4. The molecule has 1 aliphatic heterocycles. The number of amides is 2. The van der Waals surface area contributed by atoms with Crippen LogP contribution in [0, 0.1) is 31.1 Å². The van der Waals surface area contributed by atoms with Crippen molar-refractivity contribution in [3.8, 4) is 6.07 Å². The van der Waals surface area contributed by atoms with E-state index in [0.717, 1.165) is 33.7 Å². The molecule has 1 aliphatic rings. The molecule has 3 aromatic rings. The summed E-state index contributed by atoms with van der Waals surface area (Å²) < 4.78 is 40.7. The van der Waals surface area contributed by atoms with Crippen LogP contribution in [0.5, 0.6) is 0 Å². The van der Waals surface area contributed by atoms with Gasteiger partial charge in [0.15, 0.2) is 5.78 Å². The summed E-state index contributed by atoms with van der Waals surface area (Å²) in [5.74, 6) is -4.29. The number of anilines is 1. The van der Waals surface area contributed by atoms with Crippen molar-refractivity contribution >= 4 is 23.3 Å². The number of hydrogen-bond donors (Lipinski definition) is 1. The molecule has 0 saturated heterocycles. The van der Waals surface area contributed by atoms with E-state index in [0.29, 0.717) is 17.5 Å². The molecule has 216 valence electrons. The Morgan fingerprint density at radius 1 is 0.976 bits per heavy atom. The number of Topliss-reactive ketones (excluding diaryl/α,β-unsaturated/α-hetero) is 1. The fraction of sp³-hybridized carbons (Fsp3) is 0.273. The number of halogens is 3. The maximum Gasteiger partial charge on any atom is 0.416 e. The Labute approximate surface area is 242 Å². The quantitative estimate of drug-likeness (QED) is 0.343. The first-order valence-corrected chi connectivity index (χ1v) is 13.4. The highest BCUT2D eigenvalue weighted by Crippen LogP contribution is 2.43. The van der Waals surface area contributed by atoms with E-state index in [1.807, 2.05) is 38.1 Å². The minimum absolute atomic E-state index is 0.0997. The summed E-state index contributed by atoms with van der Waals surface area (Å²) in [6, 6.07) is 18.4. The summed E-state index contributed by atoms with van der Waals surface area (Å²) in [5.41, 5.74) is 3.25. The number of aryl methyl sites for hydroxylation is 2. The van der Waals surface area contributed by atoms with E-state index in [1.165, 1.54) is 38.1 Å². The smallest absolute Gasteiger partial charge is 0.355 e. The number of nitrogens with one attached hydrogen (secondary N) is 1. The van der Waals surface area contributed by atoms with Crippen LogP contribution in [0.2, 0.25) is 0 Å². The molecule has 1 heterocycles. The van der Waals surface area contributed by atoms with Crippen LogP contribution in [0.15, 0.2) is 78.0 Å². The minimum Gasteiger partial charge on any atom is -0.355 e. The van der Waals surface area contributed by atoms with Crippen molar-refractivity contribution in [2.45, 2.75) is 46.2 Å². The van der Waals surface area contributed by atoms with Crippen molar-refractivity contribution in [1.82, 2.24) is 5.32 Å². The predicted molar refractivity (Wildman–Crippen MR) is 152 cm³/mol. The summed E-state index contributed by atoms with van der Waals surface area (Å²) in [7, 11) is 0. The van der Waals surface area contributed by atoms with E-state index in [-0.39, 0.29) is 23.5 Å². The van der Waals surface area contributed by atoms with Gasteiger partial charge in [-0.05, 0) is 86.7 Å². The van der Waals surface area contributed by atoms with Crippen LogP contribution in [-0.4, -0.2) is 24.1 Å². The van der Waals surface area contributed by atoms with Gasteiger partial charge in [0.2, 0.25) is 11.8 Å². The van der Waals surface area contributed by atoms with Gasteiger partial charge in [0, 0.05) is 29.4 Å². The molecule has 2 unspecified atom stereocenters. The van der Waals surface area contributed by atoms with Gasteiger partial charge in [-0.1, -0.05) is 36.4 Å². The molecular weight excluding hydrogens is 543 g/mol. The number of ketones is 1. The van der Waals surface area contributed by atoms with E-state index in [4.69, 9.17) is 0 Å². The van der Waals surface area contributed by atoms with Crippen LogP contribution in [-0.2, 0) is 27.0 Å². The third-order valence-corrected chi connectivity index (χ3v) is 7.63. The van der Waals surface area contributed by atoms with Crippen molar-refractivity contribution in [2.75, 3.05) is 11.4 Å². The highest BCUT2D eigenvalue weighted by atomic mass is 19.4. The van der Waals surface area contributed by atoms with E-state index < -0.39 is 41.2 Å². The van der Waals surface area contributed by atoms with E-state index >= 15 is 0 Å². The Hall–Kier alpha value is -4.71. The second-order valence-electron chi connectivity index (χ2n) is 10.4. The first-order valence-electron chi connectivity index (χ1n) is 13.4. The molecule has 0 saturated carbocycles. The molecule has 42 heavy (non-hydrogen) atoms. The van der Waals surface area contributed by atoms with Crippen molar-refractivity contribution in [3.05, 3.63) is 111 Å². The molecule has 0 spiro atoms. The Kier molecular flexibility index (Phi) is 8.67. The highest BCUT2D eigenvalue weighted by molar-refractivity contribution is 6.15. The lowest BCUT2D eigenvalue weighted by Crippen LogP contribution is -2.51. The largest absolute Gasteiger partial charge is 0.416 e. The standard InChI is InChI=1S/C33H30F3N3O3/c1-19-8-9-23(16-20(19)2)14-15-38-31(41)30-29(25-12-10-24(18-37)11-13-25)28(22(4)40)21(3)39(32(30)42)27-7-5-6-26(17-27)33(34,35)36/h5-13,16-17,29-30H,14-15H2,1-4H3,(H,38,41). The number of rotatable bonds is 7. The molecular formula is C33H30F3N3O3. The Morgan fingerprint density at radius 2 is 1.67 bits per heavy atom. The molecule has 0 aromatic heterocycles. The van der Waals surface area contributed by atoms with Crippen LogP contribution in [0.3, 0.4) is 0 Å². The third kappa shape index (κ3) is 6.13. The topological polar surface area (TPSA) is 90.3 Å². The fourth-order valence-electron chi connectivity index (χ4n) is 5.36. The van der Waals surface area contributed by atoms with Crippen molar-refractivity contribution < 1.29 is 27.6 Å². The van der Waals surface area contributed by atoms with Gasteiger partial charge >= 0.3 is 6.18 Å². The SMILES string of the molecule is CC(=O)C1=C(C)N(c2cccc(C(F)(F)F)c2)C(=O)C(C(=O)NCCc2ccc(C)c(C)c2)C1c1ccc(C#N)cc1. The lowest BCUT2D eigenvalue weighted by atomic mass is 9.74. The summed E-state index contributed by atoms with van der Waals surface area (Å²) in [6.07, 6.45) is -4.17. The summed E-state index contributed by atoms with van der Waals surface area (Å²) in [5, 5.41) is 12.1. The molecule has 0 aliphatic carbocycles. The van der Waals surface area contributed by atoms with Crippen LogP contribution in [0.1, 0.15) is 53.1 Å². The second-order valence-corrected chi connectivity index (χ2v) is 10.4. The van der Waals surface area contributed by atoms with Crippen LogP contribution >= 0.6 is 0 Å². The van der Waals surface area contributed by atoms with E-state index in [1.54, 1.807) is 12.1 Å². The molecule has 2 amide bonds. The van der Waals surface area contributed by atoms with Gasteiger partial charge in [-0.25, -0.2) is 0 Å². The maximum atomic E-state index is 14.1. The Balaban J connectivity index is 1.78. The van der Waals surface area contributed by atoms with E-state index in [9.17, 15) is 32.8 Å². The van der Waals surface area contributed by atoms with E-state index in [2.05, 4.69) is 5.32 Å². The highest BCUT2D eigenvalue weighted by Gasteiger charge is 2.47. The number of benzene rings is 3. The molecule has 0 radical (unpaired) electrons. The van der Waals surface area contributed by atoms with Gasteiger partial charge in [0.1, 0.15) is 5.92 Å². The van der Waals surface area contributed by atoms with Gasteiger partial charge < -0.3 is 5.32 Å². The zero-order valence-corrected chi connectivity index (χ0v) is 23.7. The number of carbonyl (C=O) groups is 3. The van der Waals surface area contributed by atoms with Crippen molar-refractivity contribution in [2.24, 2.45) is 5.92 Å². The normalized spacial score (nSPS) is 17.2. The lowest BCUT2D eigenvalue weighted by Gasteiger charge is -2.39. The average Bonchev–Trinajstić information content (AvgIpc) is 2.94. The summed E-state index contributed by atoms with van der Waals surface area (Å²) in [6.45, 7) is 6.97. The van der Waals surface area contributed by atoms with Crippen molar-refractivity contribution in [1.29, 1.82) is 5.26 Å². The predicted octanol–water partition coefficient (Wildman–Crippen LogP) is 6.16. The van der Waals surface area contributed by atoms with Crippen molar-refractivity contribution in [3.63, 3.8) is 0 Å². The first kappa shape index (κ1) is 30.3. The molecule has 3 aromatic carbocycles. The first-order chi connectivity index (χ1) is 19.8. The number of alkyl halides is 3. The monoisotopic (exact) mass is 573 g/mol. The van der Waals surface area contributed by atoms with Crippen LogP contribution in [0.25, 0.3) is 0 Å². The van der Waals surface area contributed by atoms with Crippen LogP contribution < -0.4 is 10.2 Å². The summed E-state index contributed by atoms with van der Waals surface area (Å²) >= 11 is 0. The number of nitriles is 1. The molecule has 0 fully saturated rings. The number of nitrogens with zero attached hydrogens (tertiary/aromatic N) is 2. The number of allylic oxidation sites excluding steroid dienone is 2. The molecule has 4 rings (SSSR count). The lowest BCUT2D eigenvalue weighted by molar-refractivity contribution is -0.138. The van der Waals surface area contributed by atoms with Gasteiger partial charge in [0.05, 0.1) is 17.2 Å². The van der Waals surface area contributed by atoms with Gasteiger partial charge in [-0.15, -0.1) is 0 Å². The van der Waals surface area contributed by atoms with Crippen LogP contribution in [0.4, 0.5) is 18.9 Å². The fourth-order valence-corrected chi connectivity index (χ4v) is 5.36. The maximum absolute atomic E-state index is 14.1. The Bertz CT molecular complexity index is 1620. The minimum atomic E-state index is -4.66.